The van der Waals surface area contributed by atoms with Crippen LogP contribution >= 0.6 is 0 Å². The Morgan fingerprint density at radius 3 is 2.64 bits per heavy atom. The van der Waals surface area contributed by atoms with E-state index in [2.05, 4.69) is 17.1 Å². The van der Waals surface area contributed by atoms with Crippen molar-refractivity contribution in [1.29, 1.82) is 0 Å². The molecule has 1 heterocycles. The van der Waals surface area contributed by atoms with Gasteiger partial charge in [-0.15, -0.1) is 0 Å². The van der Waals surface area contributed by atoms with Crippen molar-refractivity contribution in [2.24, 2.45) is 0 Å². The van der Waals surface area contributed by atoms with Gasteiger partial charge in [-0.1, -0.05) is 6.92 Å². The zero-order valence-corrected chi connectivity index (χ0v) is 14.8. The molecule has 5 nitrogen and oxygen atoms in total. The van der Waals surface area contributed by atoms with Crippen LogP contribution in [0.5, 0.6) is 0 Å². The molecule has 0 aromatic heterocycles. The first-order chi connectivity index (χ1) is 10.2. The number of ether oxygens (including phenoxy) is 1. The number of likely N-dealkylation sites (tertiary alicyclic amines) is 1. The first-order valence-corrected chi connectivity index (χ1v) is 8.66. The van der Waals surface area contributed by atoms with E-state index < -0.39 is 11.2 Å². The highest BCUT2D eigenvalue weighted by atomic mass is 16.6. The van der Waals surface area contributed by atoms with Crippen molar-refractivity contribution in [3.8, 4) is 0 Å². The number of nitrogens with one attached hydrogen (secondary N) is 1. The molecule has 1 aliphatic heterocycles. The molecule has 1 saturated heterocycles. The second-order valence-electron chi connectivity index (χ2n) is 7.40. The van der Waals surface area contributed by atoms with Crippen LogP contribution in [0.2, 0.25) is 0 Å². The third-order valence-electron chi connectivity index (χ3n) is 4.19. The minimum absolute atomic E-state index is 0.380. The van der Waals surface area contributed by atoms with Crippen LogP contribution in [-0.2, 0) is 4.74 Å². The Morgan fingerprint density at radius 1 is 1.27 bits per heavy atom. The number of nitrogens with zero attached hydrogens (tertiary/aromatic N) is 1. The van der Waals surface area contributed by atoms with Gasteiger partial charge >= 0.3 is 6.09 Å². The van der Waals surface area contributed by atoms with Gasteiger partial charge in [0.05, 0.1) is 5.60 Å². The molecule has 0 radical (unpaired) electrons. The molecule has 0 aromatic carbocycles. The predicted molar refractivity (Wildman–Crippen MR) is 89.0 cm³/mol. The maximum absolute atomic E-state index is 11.6. The fourth-order valence-corrected chi connectivity index (χ4v) is 2.88. The normalized spacial score (nSPS) is 24.4. The zero-order chi connectivity index (χ0) is 16.6. The summed E-state index contributed by atoms with van der Waals surface area (Å²) < 4.78 is 5.20. The summed E-state index contributed by atoms with van der Waals surface area (Å²) in [7, 11) is 0. The van der Waals surface area contributed by atoms with Crippen LogP contribution in [-0.4, -0.2) is 53.5 Å². The highest BCUT2D eigenvalue weighted by Crippen LogP contribution is 2.26. The van der Waals surface area contributed by atoms with Crippen LogP contribution in [0, 0.1) is 0 Å². The lowest BCUT2D eigenvalue weighted by atomic mass is 9.87. The minimum Gasteiger partial charge on any atom is -0.444 e. The molecule has 0 bridgehead atoms. The molecule has 1 atom stereocenters. The number of alkyl carbamates (subject to hydrolysis) is 1. The average molecular weight is 314 g/mol. The van der Waals surface area contributed by atoms with Crippen LogP contribution < -0.4 is 5.32 Å². The van der Waals surface area contributed by atoms with Crippen molar-refractivity contribution in [3.63, 3.8) is 0 Å². The van der Waals surface area contributed by atoms with Crippen molar-refractivity contribution < 1.29 is 14.6 Å². The second-order valence-corrected chi connectivity index (χ2v) is 7.40. The van der Waals surface area contributed by atoms with Crippen LogP contribution in [0.3, 0.4) is 0 Å². The molecule has 5 heteroatoms. The smallest absolute Gasteiger partial charge is 0.407 e. The molecule has 1 unspecified atom stereocenters. The summed E-state index contributed by atoms with van der Waals surface area (Å²) >= 11 is 0. The van der Waals surface area contributed by atoms with Gasteiger partial charge in [-0.05, 0) is 72.4 Å². The van der Waals surface area contributed by atoms with E-state index in [0.29, 0.717) is 6.54 Å². The van der Waals surface area contributed by atoms with Crippen LogP contribution in [0.1, 0.15) is 66.2 Å². The third kappa shape index (κ3) is 7.99. The molecule has 0 aromatic rings. The van der Waals surface area contributed by atoms with Gasteiger partial charge in [0.25, 0.3) is 0 Å². The Hall–Kier alpha value is -0.810. The van der Waals surface area contributed by atoms with Gasteiger partial charge in [0.15, 0.2) is 0 Å². The molecule has 1 amide bonds. The van der Waals surface area contributed by atoms with E-state index in [0.717, 1.165) is 58.2 Å². The summed E-state index contributed by atoms with van der Waals surface area (Å²) in [5, 5.41) is 13.5. The lowest BCUT2D eigenvalue weighted by Gasteiger charge is -2.34. The lowest BCUT2D eigenvalue weighted by molar-refractivity contribution is -0.00588. The number of amides is 1. The molecule has 2 N–H and O–H groups in total. The van der Waals surface area contributed by atoms with Crippen LogP contribution in [0.4, 0.5) is 4.79 Å². The maximum Gasteiger partial charge on any atom is 0.407 e. The Kier molecular flexibility index (Phi) is 7.63. The molecule has 1 aliphatic rings. The van der Waals surface area contributed by atoms with E-state index in [1.165, 1.54) is 0 Å². The standard InChI is InChI=1S/C17H34N2O3/c1-5-19-13-7-6-9-17(21,11-14-19)10-8-12-18-15(20)22-16(2,3)4/h21H,5-14H2,1-4H3,(H,18,20). The van der Waals surface area contributed by atoms with Gasteiger partial charge in [0.1, 0.15) is 5.60 Å². The number of rotatable bonds is 5. The number of hydrogen-bond donors (Lipinski definition) is 2. The molecular formula is C17H34N2O3. The molecule has 1 rings (SSSR count). The Balaban J connectivity index is 2.28. The first-order valence-electron chi connectivity index (χ1n) is 8.66. The molecule has 0 aliphatic carbocycles. The van der Waals surface area contributed by atoms with E-state index in [9.17, 15) is 9.90 Å². The van der Waals surface area contributed by atoms with E-state index in [-0.39, 0.29) is 6.09 Å². The number of carbonyl (C=O) groups excluding carboxylic acids is 1. The van der Waals surface area contributed by atoms with Crippen LogP contribution in [0.15, 0.2) is 0 Å². The highest BCUT2D eigenvalue weighted by molar-refractivity contribution is 5.67. The molecule has 22 heavy (non-hydrogen) atoms. The summed E-state index contributed by atoms with van der Waals surface area (Å²) in [4.78, 5) is 14.0. The molecular weight excluding hydrogens is 280 g/mol. The second kappa shape index (κ2) is 8.73. The monoisotopic (exact) mass is 314 g/mol. The highest BCUT2D eigenvalue weighted by Gasteiger charge is 2.28. The van der Waals surface area contributed by atoms with Crippen molar-refractivity contribution in [2.75, 3.05) is 26.2 Å². The summed E-state index contributed by atoms with van der Waals surface area (Å²) in [5.74, 6) is 0. The van der Waals surface area contributed by atoms with Gasteiger partial charge in [-0.3, -0.25) is 0 Å². The van der Waals surface area contributed by atoms with E-state index >= 15 is 0 Å². The average Bonchev–Trinajstić information content (AvgIpc) is 2.39. The summed E-state index contributed by atoms with van der Waals surface area (Å²) in [6.07, 6.45) is 5.07. The fourth-order valence-electron chi connectivity index (χ4n) is 2.88. The minimum atomic E-state index is -0.580. The summed E-state index contributed by atoms with van der Waals surface area (Å²) in [5.41, 5.74) is -1.05. The quantitative estimate of drug-likeness (QED) is 0.766. The number of aliphatic hydroxyl groups is 1. The Morgan fingerprint density at radius 2 is 2.00 bits per heavy atom. The lowest BCUT2D eigenvalue weighted by Crippen LogP contribution is -2.39. The van der Waals surface area contributed by atoms with Crippen molar-refractivity contribution in [1.82, 2.24) is 10.2 Å². The summed E-state index contributed by atoms with van der Waals surface area (Å²) in [6.45, 7) is 11.4. The number of hydrogen-bond acceptors (Lipinski definition) is 4. The topological polar surface area (TPSA) is 61.8 Å². The van der Waals surface area contributed by atoms with Crippen molar-refractivity contribution >= 4 is 6.09 Å². The first kappa shape index (κ1) is 19.2. The molecule has 0 saturated carbocycles. The van der Waals surface area contributed by atoms with Crippen molar-refractivity contribution in [2.45, 2.75) is 77.4 Å². The van der Waals surface area contributed by atoms with E-state index in [1.54, 1.807) is 0 Å². The fraction of sp³-hybridized carbons (Fsp3) is 0.941. The third-order valence-corrected chi connectivity index (χ3v) is 4.19. The van der Waals surface area contributed by atoms with E-state index in [4.69, 9.17) is 4.74 Å². The molecule has 1 fully saturated rings. The zero-order valence-electron chi connectivity index (χ0n) is 14.8. The van der Waals surface area contributed by atoms with Crippen molar-refractivity contribution in [3.05, 3.63) is 0 Å². The maximum atomic E-state index is 11.6. The van der Waals surface area contributed by atoms with Gasteiger partial charge in [0.2, 0.25) is 0 Å². The summed E-state index contributed by atoms with van der Waals surface area (Å²) in [6, 6.07) is 0. The van der Waals surface area contributed by atoms with Gasteiger partial charge in [-0.2, -0.15) is 0 Å². The van der Waals surface area contributed by atoms with Crippen LogP contribution in [0.25, 0.3) is 0 Å². The molecule has 130 valence electrons. The van der Waals surface area contributed by atoms with Gasteiger partial charge < -0.3 is 20.1 Å². The largest absolute Gasteiger partial charge is 0.444 e. The Labute approximate surface area is 135 Å². The molecule has 0 spiro atoms. The van der Waals surface area contributed by atoms with E-state index in [1.807, 2.05) is 20.8 Å². The van der Waals surface area contributed by atoms with Gasteiger partial charge in [0, 0.05) is 13.1 Å². The number of carbonyl (C=O) groups is 1. The van der Waals surface area contributed by atoms with Gasteiger partial charge in [-0.25, -0.2) is 4.79 Å². The Bertz CT molecular complexity index is 341. The predicted octanol–water partition coefficient (Wildman–Crippen LogP) is 2.92. The SMILES string of the molecule is CCN1CCCCC(O)(CCCNC(=O)OC(C)(C)C)CC1.